The van der Waals surface area contributed by atoms with Gasteiger partial charge < -0.3 is 9.15 Å². The van der Waals surface area contributed by atoms with Crippen LogP contribution in [0.25, 0.3) is 11.5 Å². The number of benzene rings is 1. The van der Waals surface area contributed by atoms with E-state index in [0.29, 0.717) is 17.7 Å². The molecule has 1 aliphatic rings. The first-order chi connectivity index (χ1) is 10.1. The predicted molar refractivity (Wildman–Crippen MR) is 81.4 cm³/mol. The Morgan fingerprint density at radius 1 is 1.14 bits per heavy atom. The third-order valence-corrected chi connectivity index (χ3v) is 4.16. The van der Waals surface area contributed by atoms with E-state index in [-0.39, 0.29) is 0 Å². The van der Waals surface area contributed by atoms with Gasteiger partial charge >= 0.3 is 0 Å². The van der Waals surface area contributed by atoms with E-state index >= 15 is 0 Å². The number of hydrogen-bond acceptors (Lipinski definition) is 4. The van der Waals surface area contributed by atoms with Crippen molar-refractivity contribution in [1.82, 2.24) is 10.2 Å². The van der Waals surface area contributed by atoms with Gasteiger partial charge in [0.15, 0.2) is 0 Å². The van der Waals surface area contributed by atoms with Gasteiger partial charge in [0.2, 0.25) is 11.8 Å². The fourth-order valence-corrected chi connectivity index (χ4v) is 2.74. The van der Waals surface area contributed by atoms with E-state index in [0.717, 1.165) is 37.5 Å². The van der Waals surface area contributed by atoms with Crippen LogP contribution in [0.4, 0.5) is 0 Å². The molecule has 0 aliphatic carbocycles. The van der Waals surface area contributed by atoms with Crippen LogP contribution < -0.4 is 0 Å². The van der Waals surface area contributed by atoms with Crippen LogP contribution in [0.1, 0.15) is 55.5 Å². The number of aryl methyl sites for hydroxylation is 1. The Labute approximate surface area is 125 Å². The summed E-state index contributed by atoms with van der Waals surface area (Å²) >= 11 is 0. The highest BCUT2D eigenvalue weighted by Crippen LogP contribution is 2.30. The highest BCUT2D eigenvalue weighted by atomic mass is 16.5. The largest absolute Gasteiger partial charge is 0.420 e. The first kappa shape index (κ1) is 14.3. The molecule has 1 aliphatic heterocycles. The molecule has 21 heavy (non-hydrogen) atoms. The average molecular weight is 286 g/mol. The van der Waals surface area contributed by atoms with Crippen molar-refractivity contribution in [2.45, 2.75) is 45.4 Å². The van der Waals surface area contributed by atoms with Gasteiger partial charge in [-0.15, -0.1) is 10.2 Å². The molecule has 0 spiro atoms. The number of aromatic nitrogens is 2. The average Bonchev–Trinajstić information content (AvgIpc) is 2.97. The Bertz CT molecular complexity index is 613. The Morgan fingerprint density at radius 3 is 2.57 bits per heavy atom. The minimum atomic E-state index is 0.343. The van der Waals surface area contributed by atoms with Crippen molar-refractivity contribution < 1.29 is 9.15 Å². The molecule has 0 bridgehead atoms. The maximum absolute atomic E-state index is 5.91. The summed E-state index contributed by atoms with van der Waals surface area (Å²) in [6.45, 7) is 8.06. The van der Waals surface area contributed by atoms with E-state index in [9.17, 15) is 0 Å². The fraction of sp³-hybridized carbons (Fsp3) is 0.529. The molecule has 0 atom stereocenters. The van der Waals surface area contributed by atoms with Gasteiger partial charge in [0.1, 0.15) is 0 Å². The molecular weight excluding hydrogens is 264 g/mol. The molecule has 1 saturated heterocycles. The van der Waals surface area contributed by atoms with E-state index in [2.05, 4.69) is 49.2 Å². The van der Waals surface area contributed by atoms with Gasteiger partial charge in [-0.1, -0.05) is 26.0 Å². The maximum atomic E-state index is 5.91. The van der Waals surface area contributed by atoms with Crippen LogP contribution in [0.5, 0.6) is 0 Å². The lowest BCUT2D eigenvalue weighted by molar-refractivity contribution is 0.0795. The minimum absolute atomic E-state index is 0.343. The molecule has 1 aromatic heterocycles. The molecular formula is C17H22N2O2. The lowest BCUT2D eigenvalue weighted by Gasteiger charge is -2.18. The van der Waals surface area contributed by atoms with Crippen LogP contribution in [-0.2, 0) is 4.74 Å². The summed E-state index contributed by atoms with van der Waals surface area (Å²) in [5, 5.41) is 8.48. The smallest absolute Gasteiger partial charge is 0.248 e. The van der Waals surface area contributed by atoms with Crippen molar-refractivity contribution in [3.8, 4) is 11.5 Å². The summed E-state index contributed by atoms with van der Waals surface area (Å²) in [7, 11) is 0. The highest BCUT2D eigenvalue weighted by Gasteiger charge is 2.22. The molecule has 0 radical (unpaired) electrons. The molecule has 1 aromatic carbocycles. The Balaban J connectivity index is 1.85. The Morgan fingerprint density at radius 2 is 1.90 bits per heavy atom. The number of nitrogens with zero attached hydrogens (tertiary/aromatic N) is 2. The van der Waals surface area contributed by atoms with Crippen molar-refractivity contribution in [3.63, 3.8) is 0 Å². The minimum Gasteiger partial charge on any atom is -0.420 e. The first-order valence-electron chi connectivity index (χ1n) is 7.67. The predicted octanol–water partition coefficient (Wildman–Crippen LogP) is 4.06. The van der Waals surface area contributed by atoms with Gasteiger partial charge in [0, 0.05) is 24.7 Å². The molecule has 0 unspecified atom stereocenters. The van der Waals surface area contributed by atoms with Crippen molar-refractivity contribution in [2.75, 3.05) is 13.2 Å². The van der Waals surface area contributed by atoms with Crippen molar-refractivity contribution in [1.29, 1.82) is 0 Å². The highest BCUT2D eigenvalue weighted by molar-refractivity contribution is 5.59. The third kappa shape index (κ3) is 3.00. The van der Waals surface area contributed by atoms with Gasteiger partial charge in [-0.25, -0.2) is 0 Å². The van der Waals surface area contributed by atoms with Gasteiger partial charge in [-0.2, -0.15) is 0 Å². The molecule has 0 saturated carbocycles. The summed E-state index contributed by atoms with van der Waals surface area (Å²) in [4.78, 5) is 0. The molecule has 4 nitrogen and oxygen atoms in total. The summed E-state index contributed by atoms with van der Waals surface area (Å²) in [6.07, 6.45) is 1.93. The van der Waals surface area contributed by atoms with E-state index in [1.54, 1.807) is 0 Å². The SMILES string of the molecule is Cc1cc(C(C)C)ccc1-c1nnc(C2CCOCC2)o1. The van der Waals surface area contributed by atoms with E-state index in [1.807, 2.05) is 0 Å². The van der Waals surface area contributed by atoms with E-state index in [4.69, 9.17) is 9.15 Å². The first-order valence-corrected chi connectivity index (χ1v) is 7.67. The zero-order valence-electron chi connectivity index (χ0n) is 12.9. The number of ether oxygens (including phenoxy) is 1. The number of hydrogen-bond donors (Lipinski definition) is 0. The van der Waals surface area contributed by atoms with Crippen molar-refractivity contribution in [2.24, 2.45) is 0 Å². The van der Waals surface area contributed by atoms with Crippen LogP contribution in [-0.4, -0.2) is 23.4 Å². The molecule has 0 N–H and O–H groups in total. The zero-order chi connectivity index (χ0) is 14.8. The normalized spacial score (nSPS) is 16.6. The summed E-state index contributed by atoms with van der Waals surface area (Å²) in [5.41, 5.74) is 3.55. The topological polar surface area (TPSA) is 48.2 Å². The van der Waals surface area contributed by atoms with E-state index < -0.39 is 0 Å². The van der Waals surface area contributed by atoms with Crippen LogP contribution in [0.2, 0.25) is 0 Å². The zero-order valence-corrected chi connectivity index (χ0v) is 12.9. The second-order valence-electron chi connectivity index (χ2n) is 6.06. The van der Waals surface area contributed by atoms with Crippen LogP contribution in [0, 0.1) is 6.92 Å². The Hall–Kier alpha value is -1.68. The molecule has 0 amide bonds. The van der Waals surface area contributed by atoms with Gasteiger partial charge in [0.05, 0.1) is 0 Å². The molecule has 2 aromatic rings. The van der Waals surface area contributed by atoms with Gasteiger partial charge in [-0.3, -0.25) is 0 Å². The monoisotopic (exact) mass is 286 g/mol. The molecule has 1 fully saturated rings. The lowest BCUT2D eigenvalue weighted by Crippen LogP contribution is -2.14. The maximum Gasteiger partial charge on any atom is 0.248 e. The van der Waals surface area contributed by atoms with Gasteiger partial charge in [-0.05, 0) is 42.9 Å². The molecule has 3 rings (SSSR count). The summed E-state index contributed by atoms with van der Waals surface area (Å²) < 4.78 is 11.3. The van der Waals surface area contributed by atoms with Crippen molar-refractivity contribution >= 4 is 0 Å². The summed E-state index contributed by atoms with van der Waals surface area (Å²) in [5.74, 6) is 2.25. The standard InChI is InChI=1S/C17H22N2O2/c1-11(2)14-4-5-15(12(3)10-14)17-19-18-16(21-17)13-6-8-20-9-7-13/h4-5,10-11,13H,6-9H2,1-3H3. The second kappa shape index (κ2) is 5.98. The third-order valence-electron chi connectivity index (χ3n) is 4.16. The van der Waals surface area contributed by atoms with Crippen LogP contribution >= 0.6 is 0 Å². The lowest BCUT2D eigenvalue weighted by atomic mass is 9.98. The van der Waals surface area contributed by atoms with Gasteiger partial charge in [0.25, 0.3) is 0 Å². The summed E-state index contributed by atoms with van der Waals surface area (Å²) in [6, 6.07) is 6.44. The van der Waals surface area contributed by atoms with Crippen molar-refractivity contribution in [3.05, 3.63) is 35.2 Å². The molecule has 4 heteroatoms. The van der Waals surface area contributed by atoms with E-state index in [1.165, 1.54) is 11.1 Å². The molecule has 2 heterocycles. The fourth-order valence-electron chi connectivity index (χ4n) is 2.74. The number of rotatable bonds is 3. The van der Waals surface area contributed by atoms with Crippen LogP contribution in [0.15, 0.2) is 22.6 Å². The quantitative estimate of drug-likeness (QED) is 0.853. The second-order valence-corrected chi connectivity index (χ2v) is 6.06. The molecule has 112 valence electrons. The van der Waals surface area contributed by atoms with Crippen LogP contribution in [0.3, 0.4) is 0 Å². The Kier molecular flexibility index (Phi) is 4.06.